The number of halogens is 5. The van der Waals surface area contributed by atoms with Gasteiger partial charge in [0.15, 0.2) is 5.49 Å². The third kappa shape index (κ3) is 3.59. The van der Waals surface area contributed by atoms with Gasteiger partial charge in [0.2, 0.25) is 6.43 Å². The van der Waals surface area contributed by atoms with Crippen LogP contribution < -0.4 is 5.49 Å². The number of benzene rings is 1. The van der Waals surface area contributed by atoms with Crippen molar-refractivity contribution < 1.29 is 22.0 Å². The van der Waals surface area contributed by atoms with Crippen molar-refractivity contribution in [3.8, 4) is 0 Å². The molecule has 164 valence electrons. The van der Waals surface area contributed by atoms with Gasteiger partial charge >= 0.3 is 0 Å². The monoisotopic (exact) mass is 436 g/mol. The summed E-state index contributed by atoms with van der Waals surface area (Å²) >= 11 is 0. The molecule has 0 radical (unpaired) electrons. The predicted octanol–water partition coefficient (Wildman–Crippen LogP) is 5.31. The third-order valence-electron chi connectivity index (χ3n) is 6.01. The zero-order valence-corrected chi connectivity index (χ0v) is 17.2. The molecule has 1 fully saturated rings. The highest BCUT2D eigenvalue weighted by molar-refractivity contribution is 5.78. The zero-order valence-electron chi connectivity index (χ0n) is 17.2. The quantitative estimate of drug-likeness (QED) is 0.509. The molecule has 1 aromatic carbocycles. The highest BCUT2D eigenvalue weighted by atomic mass is 19.3. The Morgan fingerprint density at radius 3 is 2.42 bits per heavy atom. The number of alkyl halides is 4. The van der Waals surface area contributed by atoms with E-state index in [-0.39, 0.29) is 16.7 Å². The fourth-order valence-corrected chi connectivity index (χ4v) is 3.76. The molecule has 0 N–H and O–H groups in total. The van der Waals surface area contributed by atoms with Crippen LogP contribution in [-0.2, 0) is 12.5 Å². The number of hydrogen-bond acceptors (Lipinski definition) is 3. The molecule has 2 heterocycles. The number of rotatable bonds is 5. The van der Waals surface area contributed by atoms with Crippen molar-refractivity contribution in [2.75, 3.05) is 0 Å². The van der Waals surface area contributed by atoms with E-state index in [0.717, 1.165) is 6.07 Å². The normalized spacial score (nSPS) is 17.0. The largest absolute Gasteiger partial charge is 0.331 e. The topological polar surface area (TPSA) is 43.1 Å². The van der Waals surface area contributed by atoms with E-state index >= 15 is 0 Å². The molecule has 1 aliphatic carbocycles. The summed E-state index contributed by atoms with van der Waals surface area (Å²) in [4.78, 5) is 13.2. The van der Waals surface area contributed by atoms with Crippen LogP contribution in [-0.4, -0.2) is 21.0 Å². The van der Waals surface area contributed by atoms with Gasteiger partial charge in [0.25, 0.3) is 6.43 Å². The first-order valence-electron chi connectivity index (χ1n) is 9.88. The first-order chi connectivity index (χ1) is 14.7. The highest BCUT2D eigenvalue weighted by Gasteiger charge is 2.53. The first-order valence-corrected chi connectivity index (χ1v) is 9.88. The number of hydrogen-bond donors (Lipinski definition) is 0. The van der Waals surface area contributed by atoms with E-state index in [4.69, 9.17) is 0 Å². The van der Waals surface area contributed by atoms with Crippen LogP contribution in [0.3, 0.4) is 0 Å². The van der Waals surface area contributed by atoms with E-state index in [1.807, 2.05) is 0 Å². The van der Waals surface area contributed by atoms with Crippen LogP contribution >= 0.6 is 0 Å². The molecule has 3 aromatic rings. The lowest BCUT2D eigenvalue weighted by atomic mass is 10.0. The molecule has 0 spiro atoms. The second-order valence-corrected chi connectivity index (χ2v) is 7.94. The molecule has 0 unspecified atom stereocenters. The van der Waals surface area contributed by atoms with Gasteiger partial charge in [-0.3, -0.25) is 9.98 Å². The van der Waals surface area contributed by atoms with Gasteiger partial charge in [0.1, 0.15) is 11.6 Å². The van der Waals surface area contributed by atoms with Crippen LogP contribution in [0.2, 0.25) is 0 Å². The van der Waals surface area contributed by atoms with Crippen molar-refractivity contribution >= 4 is 10.9 Å². The fraction of sp³-hybridized carbons (Fsp3) is 0.409. The molecule has 1 atom stereocenters. The molecule has 1 saturated carbocycles. The Bertz CT molecular complexity index is 1210. The van der Waals surface area contributed by atoms with Crippen LogP contribution in [0.25, 0.3) is 10.9 Å². The second kappa shape index (κ2) is 7.69. The smallest absolute Gasteiger partial charge is 0.266 e. The van der Waals surface area contributed by atoms with E-state index in [9.17, 15) is 22.0 Å². The van der Waals surface area contributed by atoms with Gasteiger partial charge in [-0.1, -0.05) is 18.2 Å². The molecule has 4 rings (SSSR count). The Labute approximate surface area is 175 Å². The van der Waals surface area contributed by atoms with E-state index in [1.165, 1.54) is 18.3 Å². The van der Waals surface area contributed by atoms with Crippen molar-refractivity contribution in [2.24, 2.45) is 12.0 Å². The molecule has 1 aliphatic rings. The van der Waals surface area contributed by atoms with Crippen molar-refractivity contribution in [2.45, 2.75) is 51.0 Å². The summed E-state index contributed by atoms with van der Waals surface area (Å²) in [6.07, 6.45) is -3.26. The van der Waals surface area contributed by atoms with Crippen LogP contribution in [0.5, 0.6) is 0 Å². The van der Waals surface area contributed by atoms with Gasteiger partial charge < -0.3 is 4.57 Å². The number of aryl methyl sites for hydroxylation is 2. The SMILES string of the molecule is Cc1n/c(=N\[C@H](C)c2cccc(C(F)F)c2F)c2cc(C3(C(F)F)CC3)ncc2n1C. The van der Waals surface area contributed by atoms with E-state index < -0.39 is 35.7 Å². The minimum atomic E-state index is -2.94. The standard InChI is InChI=1S/C22H21F5N4/c1-11(13-5-4-6-14(18(13)23)19(24)25)29-20-15-9-17(22(7-8-22)21(26)27)28-10-16(15)31(3)12(2)30-20/h4-6,9-11,19,21H,7-8H2,1-3H3/b29-20-/t11-/m1/s1. The molecule has 0 saturated heterocycles. The summed E-state index contributed by atoms with van der Waals surface area (Å²) in [5.74, 6) is -0.418. The van der Waals surface area contributed by atoms with Crippen molar-refractivity contribution in [1.82, 2.24) is 14.5 Å². The Balaban J connectivity index is 1.90. The number of fused-ring (bicyclic) bond motifs is 1. The van der Waals surface area contributed by atoms with Crippen LogP contribution in [0.15, 0.2) is 35.5 Å². The van der Waals surface area contributed by atoms with E-state index in [0.29, 0.717) is 29.6 Å². The van der Waals surface area contributed by atoms with Gasteiger partial charge in [-0.2, -0.15) is 0 Å². The lowest BCUT2D eigenvalue weighted by Gasteiger charge is -2.16. The minimum Gasteiger partial charge on any atom is -0.331 e. The molecule has 0 amide bonds. The predicted molar refractivity (Wildman–Crippen MR) is 105 cm³/mol. The van der Waals surface area contributed by atoms with Crippen molar-refractivity contribution in [1.29, 1.82) is 0 Å². The van der Waals surface area contributed by atoms with Crippen LogP contribution in [0.1, 0.15) is 54.9 Å². The summed E-state index contributed by atoms with van der Waals surface area (Å²) in [6.45, 7) is 3.32. The lowest BCUT2D eigenvalue weighted by Crippen LogP contribution is -2.22. The maximum absolute atomic E-state index is 14.6. The zero-order chi connectivity index (χ0) is 22.5. The van der Waals surface area contributed by atoms with E-state index in [2.05, 4.69) is 15.0 Å². The summed E-state index contributed by atoms with van der Waals surface area (Å²) < 4.78 is 69.7. The third-order valence-corrected chi connectivity index (χ3v) is 6.01. The average molecular weight is 436 g/mol. The summed E-state index contributed by atoms with van der Waals surface area (Å²) in [5, 5.41) is 0.502. The highest BCUT2D eigenvalue weighted by Crippen LogP contribution is 2.52. The van der Waals surface area contributed by atoms with Gasteiger partial charge in [0, 0.05) is 18.0 Å². The molecule has 31 heavy (non-hydrogen) atoms. The van der Waals surface area contributed by atoms with Crippen molar-refractivity contribution in [3.63, 3.8) is 0 Å². The van der Waals surface area contributed by atoms with Gasteiger partial charge in [-0.15, -0.1) is 0 Å². The molecular weight excluding hydrogens is 415 g/mol. The van der Waals surface area contributed by atoms with Crippen LogP contribution in [0, 0.1) is 12.7 Å². The first kappa shape index (κ1) is 21.4. The number of aromatic nitrogens is 3. The van der Waals surface area contributed by atoms with Gasteiger partial charge in [0.05, 0.1) is 34.4 Å². The summed E-state index contributed by atoms with van der Waals surface area (Å²) in [5.41, 5.74) is -0.789. The molecular formula is C22H21F5N4. The second-order valence-electron chi connectivity index (χ2n) is 7.94. The minimum absolute atomic E-state index is 0.0131. The van der Waals surface area contributed by atoms with Gasteiger partial charge in [-0.25, -0.2) is 26.9 Å². The summed E-state index contributed by atoms with van der Waals surface area (Å²) in [7, 11) is 1.77. The van der Waals surface area contributed by atoms with E-state index in [1.54, 1.807) is 31.5 Å². The Hall–Kier alpha value is -2.84. The molecule has 0 bridgehead atoms. The molecule has 9 heteroatoms. The van der Waals surface area contributed by atoms with Gasteiger partial charge in [-0.05, 0) is 32.8 Å². The maximum Gasteiger partial charge on any atom is 0.266 e. The summed E-state index contributed by atoms with van der Waals surface area (Å²) in [6, 6.07) is 4.54. The maximum atomic E-state index is 14.6. The molecule has 2 aromatic heterocycles. The molecule has 0 aliphatic heterocycles. The Morgan fingerprint density at radius 2 is 1.81 bits per heavy atom. The Morgan fingerprint density at radius 1 is 1.13 bits per heavy atom. The number of nitrogens with zero attached hydrogens (tertiary/aromatic N) is 4. The molecule has 4 nitrogen and oxygen atoms in total. The number of pyridine rings is 1. The average Bonchev–Trinajstić information content (AvgIpc) is 3.53. The Kier molecular flexibility index (Phi) is 5.31. The van der Waals surface area contributed by atoms with Crippen molar-refractivity contribution in [3.05, 3.63) is 64.4 Å². The lowest BCUT2D eigenvalue weighted by molar-refractivity contribution is 0.0999. The van der Waals surface area contributed by atoms with Crippen LogP contribution in [0.4, 0.5) is 22.0 Å². The fourth-order valence-electron chi connectivity index (χ4n) is 3.76.